The van der Waals surface area contributed by atoms with E-state index in [2.05, 4.69) is 25.7 Å². The van der Waals surface area contributed by atoms with Crippen molar-refractivity contribution in [2.24, 2.45) is 16.6 Å². The van der Waals surface area contributed by atoms with Crippen LogP contribution in [0.2, 0.25) is 0 Å². The molecule has 2 aliphatic rings. The highest BCUT2D eigenvalue weighted by Crippen LogP contribution is 2.43. The van der Waals surface area contributed by atoms with Crippen LogP contribution in [-0.4, -0.2) is 30.6 Å². The van der Waals surface area contributed by atoms with Gasteiger partial charge in [0, 0.05) is 19.1 Å². The highest BCUT2D eigenvalue weighted by Gasteiger charge is 2.39. The molecule has 1 aliphatic carbocycles. The van der Waals surface area contributed by atoms with E-state index in [4.69, 9.17) is 5.73 Å². The fourth-order valence-corrected chi connectivity index (χ4v) is 3.45. The van der Waals surface area contributed by atoms with E-state index in [0.717, 1.165) is 6.54 Å². The molecule has 0 radical (unpaired) electrons. The zero-order valence-electron chi connectivity index (χ0n) is 12.0. The van der Waals surface area contributed by atoms with Crippen molar-refractivity contribution in [1.82, 2.24) is 4.90 Å². The number of hydrogen-bond acceptors (Lipinski definition) is 2. The zero-order valence-corrected chi connectivity index (χ0v) is 12.0. The maximum Gasteiger partial charge on any atom is 0.0217 e. The normalized spacial score (nSPS) is 27.5. The lowest BCUT2D eigenvalue weighted by Crippen LogP contribution is -2.45. The first-order chi connectivity index (χ1) is 7.91. The summed E-state index contributed by atoms with van der Waals surface area (Å²) in [5.41, 5.74) is 7.22. The summed E-state index contributed by atoms with van der Waals surface area (Å²) in [4.78, 5) is 2.63. The lowest BCUT2D eigenvalue weighted by molar-refractivity contribution is 0.168. The van der Waals surface area contributed by atoms with Gasteiger partial charge in [0.2, 0.25) is 0 Å². The van der Waals surface area contributed by atoms with Crippen LogP contribution in [0, 0.1) is 10.8 Å². The van der Waals surface area contributed by atoms with Gasteiger partial charge in [0.1, 0.15) is 0 Å². The molecular formula is C15H30N2. The summed E-state index contributed by atoms with van der Waals surface area (Å²) in [5.74, 6) is 0. The van der Waals surface area contributed by atoms with Gasteiger partial charge in [-0.15, -0.1) is 0 Å². The molecular weight excluding hydrogens is 208 g/mol. The molecule has 0 bridgehead atoms. The molecule has 2 rings (SSSR count). The molecule has 2 heteroatoms. The predicted molar refractivity (Wildman–Crippen MR) is 74.0 cm³/mol. The van der Waals surface area contributed by atoms with E-state index in [9.17, 15) is 0 Å². The van der Waals surface area contributed by atoms with Gasteiger partial charge in [-0.2, -0.15) is 0 Å². The molecule has 1 spiro atoms. The third-order valence-electron chi connectivity index (χ3n) is 5.00. The topological polar surface area (TPSA) is 29.3 Å². The predicted octanol–water partition coefficient (Wildman–Crippen LogP) is 3.02. The molecule has 1 aliphatic heterocycles. The molecule has 1 saturated heterocycles. The summed E-state index contributed by atoms with van der Waals surface area (Å²) in [5, 5.41) is 0. The number of rotatable bonds is 2. The molecule has 1 saturated carbocycles. The number of nitrogens with zero attached hydrogens (tertiary/aromatic N) is 1. The van der Waals surface area contributed by atoms with Gasteiger partial charge in [0.25, 0.3) is 0 Å². The Balaban J connectivity index is 1.85. The van der Waals surface area contributed by atoms with Crippen LogP contribution in [0.15, 0.2) is 0 Å². The Labute approximate surface area is 107 Å². The molecule has 17 heavy (non-hydrogen) atoms. The van der Waals surface area contributed by atoms with Crippen LogP contribution in [0.4, 0.5) is 0 Å². The standard InChI is InChI=1S/C15H30N2/c1-14(2,3)13(16)11-17-10-9-15(12-17)7-5-4-6-8-15/h13H,4-12,16H2,1-3H3/t13-/m1/s1. The van der Waals surface area contributed by atoms with Gasteiger partial charge in [0.05, 0.1) is 0 Å². The molecule has 2 N–H and O–H groups in total. The van der Waals surface area contributed by atoms with Crippen molar-refractivity contribution in [3.63, 3.8) is 0 Å². The number of nitrogens with two attached hydrogens (primary N) is 1. The molecule has 0 amide bonds. The lowest BCUT2D eigenvalue weighted by Gasteiger charge is -2.35. The zero-order chi connectivity index (χ0) is 12.5. The smallest absolute Gasteiger partial charge is 0.0217 e. The van der Waals surface area contributed by atoms with Gasteiger partial charge < -0.3 is 10.6 Å². The summed E-state index contributed by atoms with van der Waals surface area (Å²) >= 11 is 0. The van der Waals surface area contributed by atoms with E-state index in [1.54, 1.807) is 0 Å². The quantitative estimate of drug-likeness (QED) is 0.801. The van der Waals surface area contributed by atoms with E-state index < -0.39 is 0 Å². The van der Waals surface area contributed by atoms with Crippen LogP contribution in [0.1, 0.15) is 59.3 Å². The number of likely N-dealkylation sites (tertiary alicyclic amines) is 1. The van der Waals surface area contributed by atoms with Crippen molar-refractivity contribution >= 4 is 0 Å². The van der Waals surface area contributed by atoms with E-state index in [-0.39, 0.29) is 5.41 Å². The van der Waals surface area contributed by atoms with Gasteiger partial charge >= 0.3 is 0 Å². The van der Waals surface area contributed by atoms with E-state index >= 15 is 0 Å². The second kappa shape index (κ2) is 4.89. The van der Waals surface area contributed by atoms with Crippen molar-refractivity contribution in [2.45, 2.75) is 65.3 Å². The monoisotopic (exact) mass is 238 g/mol. The maximum atomic E-state index is 6.31. The first kappa shape index (κ1) is 13.4. The van der Waals surface area contributed by atoms with Crippen LogP contribution in [0.5, 0.6) is 0 Å². The van der Waals surface area contributed by atoms with Gasteiger partial charge in [-0.25, -0.2) is 0 Å². The van der Waals surface area contributed by atoms with Gasteiger partial charge in [-0.3, -0.25) is 0 Å². The minimum atomic E-state index is 0.238. The fourth-order valence-electron chi connectivity index (χ4n) is 3.45. The molecule has 0 aromatic rings. The molecule has 2 fully saturated rings. The molecule has 0 aromatic carbocycles. The average molecular weight is 238 g/mol. The van der Waals surface area contributed by atoms with Crippen LogP contribution in [-0.2, 0) is 0 Å². The van der Waals surface area contributed by atoms with Crippen LogP contribution < -0.4 is 5.73 Å². The van der Waals surface area contributed by atoms with E-state index in [1.165, 1.54) is 51.6 Å². The molecule has 0 unspecified atom stereocenters. The third-order valence-corrected chi connectivity index (χ3v) is 5.00. The maximum absolute atomic E-state index is 6.31. The Morgan fingerprint density at radius 3 is 2.35 bits per heavy atom. The molecule has 100 valence electrons. The van der Waals surface area contributed by atoms with Crippen LogP contribution in [0.3, 0.4) is 0 Å². The number of hydrogen-bond donors (Lipinski definition) is 1. The van der Waals surface area contributed by atoms with Crippen LogP contribution in [0.25, 0.3) is 0 Å². The van der Waals surface area contributed by atoms with E-state index in [0.29, 0.717) is 11.5 Å². The average Bonchev–Trinajstić information content (AvgIpc) is 2.61. The summed E-state index contributed by atoms with van der Waals surface area (Å²) in [6.07, 6.45) is 8.73. The molecule has 0 aromatic heterocycles. The SMILES string of the molecule is CC(C)(C)[C@H](N)CN1CCC2(CCCCC2)C1. The highest BCUT2D eigenvalue weighted by atomic mass is 15.2. The largest absolute Gasteiger partial charge is 0.326 e. The summed E-state index contributed by atoms with van der Waals surface area (Å²) < 4.78 is 0. The summed E-state index contributed by atoms with van der Waals surface area (Å²) in [7, 11) is 0. The van der Waals surface area contributed by atoms with Gasteiger partial charge in [-0.1, -0.05) is 40.0 Å². The highest BCUT2D eigenvalue weighted by molar-refractivity contribution is 4.93. The Morgan fingerprint density at radius 1 is 1.12 bits per heavy atom. The first-order valence-corrected chi connectivity index (χ1v) is 7.39. The Kier molecular flexibility index (Phi) is 3.84. The van der Waals surface area contributed by atoms with Crippen molar-refractivity contribution in [3.05, 3.63) is 0 Å². The lowest BCUT2D eigenvalue weighted by atomic mass is 9.73. The summed E-state index contributed by atoms with van der Waals surface area (Å²) in [6.45, 7) is 10.4. The van der Waals surface area contributed by atoms with Gasteiger partial charge in [0.15, 0.2) is 0 Å². The van der Waals surface area contributed by atoms with Crippen molar-refractivity contribution in [2.75, 3.05) is 19.6 Å². The second-order valence-corrected chi connectivity index (χ2v) is 7.52. The second-order valence-electron chi connectivity index (χ2n) is 7.52. The Bertz CT molecular complexity index is 248. The van der Waals surface area contributed by atoms with Gasteiger partial charge in [-0.05, 0) is 36.6 Å². The first-order valence-electron chi connectivity index (χ1n) is 7.39. The molecule has 1 heterocycles. The Hall–Kier alpha value is -0.0800. The third kappa shape index (κ3) is 3.23. The fraction of sp³-hybridized carbons (Fsp3) is 1.00. The molecule has 2 nitrogen and oxygen atoms in total. The van der Waals surface area contributed by atoms with Crippen molar-refractivity contribution < 1.29 is 0 Å². The minimum absolute atomic E-state index is 0.238. The Morgan fingerprint density at radius 2 is 1.76 bits per heavy atom. The van der Waals surface area contributed by atoms with E-state index in [1.807, 2.05) is 0 Å². The minimum Gasteiger partial charge on any atom is -0.326 e. The van der Waals surface area contributed by atoms with Crippen molar-refractivity contribution in [1.29, 1.82) is 0 Å². The molecule has 1 atom stereocenters. The summed E-state index contributed by atoms with van der Waals surface area (Å²) in [6, 6.07) is 0.307. The van der Waals surface area contributed by atoms with Crippen molar-refractivity contribution in [3.8, 4) is 0 Å². The van der Waals surface area contributed by atoms with Crippen LogP contribution >= 0.6 is 0 Å².